The number of esters is 2. The Morgan fingerprint density at radius 2 is 1.89 bits per heavy atom. The summed E-state index contributed by atoms with van der Waals surface area (Å²) in [6.45, 7) is 3.20. The molecule has 0 aromatic carbocycles. The van der Waals surface area contributed by atoms with Crippen molar-refractivity contribution in [3.8, 4) is 0 Å². The first-order valence-electron chi connectivity index (χ1n) is 5.21. The second-order valence-corrected chi connectivity index (χ2v) is 3.24. The minimum absolute atomic E-state index is 0.00797. The molecule has 0 aromatic rings. The molecule has 0 spiro atoms. The third kappa shape index (κ3) is 2.36. The van der Waals surface area contributed by atoms with Crippen LogP contribution in [0.3, 0.4) is 0 Å². The van der Waals surface area contributed by atoms with Gasteiger partial charge in [0.2, 0.25) is 0 Å². The van der Waals surface area contributed by atoms with Crippen molar-refractivity contribution in [2.24, 2.45) is 10.2 Å². The summed E-state index contributed by atoms with van der Waals surface area (Å²) in [7, 11) is 0. The summed E-state index contributed by atoms with van der Waals surface area (Å²) >= 11 is 0. The number of hydrogen-bond donors (Lipinski definition) is 1. The molecule has 18 heavy (non-hydrogen) atoms. The molecule has 8 nitrogen and oxygen atoms in total. The Labute approximate surface area is 102 Å². The average Bonchev–Trinajstić information content (AvgIpc) is 2.75. The van der Waals surface area contributed by atoms with Gasteiger partial charge in [-0.05, 0) is 13.8 Å². The number of nitrogens with zero attached hydrogens (tertiary/aromatic N) is 2. The second-order valence-electron chi connectivity index (χ2n) is 3.24. The van der Waals surface area contributed by atoms with Gasteiger partial charge in [-0.15, -0.1) is 5.11 Å². The van der Waals surface area contributed by atoms with Crippen molar-refractivity contribution < 1.29 is 29.0 Å². The molecule has 0 radical (unpaired) electrons. The molecule has 0 aliphatic carbocycles. The van der Waals surface area contributed by atoms with Crippen LogP contribution in [0.5, 0.6) is 0 Å². The molecule has 1 rings (SSSR count). The summed E-state index contributed by atoms with van der Waals surface area (Å²) in [6.07, 6.45) is 0.825. The average molecular weight is 256 g/mol. The van der Waals surface area contributed by atoms with E-state index in [1.54, 1.807) is 6.92 Å². The SMILES string of the molecule is CCOC(=O)C1=CC(C(=O)O)(C(=O)OCC)N=N1. The summed E-state index contributed by atoms with van der Waals surface area (Å²) in [5.74, 6) is -3.50. The van der Waals surface area contributed by atoms with Gasteiger partial charge in [0, 0.05) is 6.08 Å². The van der Waals surface area contributed by atoms with Crippen LogP contribution in [0.2, 0.25) is 0 Å². The highest BCUT2D eigenvalue weighted by atomic mass is 16.5. The molecule has 1 N–H and O–H groups in total. The van der Waals surface area contributed by atoms with Crippen LogP contribution in [0.25, 0.3) is 0 Å². The lowest BCUT2D eigenvalue weighted by Crippen LogP contribution is -2.43. The van der Waals surface area contributed by atoms with Crippen molar-refractivity contribution in [2.75, 3.05) is 13.2 Å². The van der Waals surface area contributed by atoms with Gasteiger partial charge in [0.1, 0.15) is 0 Å². The minimum atomic E-state index is -2.29. The highest BCUT2D eigenvalue weighted by Crippen LogP contribution is 2.27. The first kappa shape index (κ1) is 13.8. The summed E-state index contributed by atoms with van der Waals surface area (Å²) in [4.78, 5) is 34.0. The summed E-state index contributed by atoms with van der Waals surface area (Å²) < 4.78 is 9.24. The van der Waals surface area contributed by atoms with E-state index in [-0.39, 0.29) is 18.9 Å². The first-order chi connectivity index (χ1) is 8.47. The Morgan fingerprint density at radius 3 is 2.39 bits per heavy atom. The minimum Gasteiger partial charge on any atom is -0.479 e. The Kier molecular flexibility index (Phi) is 4.13. The third-order valence-electron chi connectivity index (χ3n) is 2.06. The molecular formula is C10H12N2O6. The number of carbonyl (C=O) groups is 3. The van der Waals surface area contributed by atoms with Gasteiger partial charge in [0.15, 0.2) is 5.70 Å². The van der Waals surface area contributed by atoms with Crippen molar-refractivity contribution in [1.29, 1.82) is 0 Å². The van der Waals surface area contributed by atoms with Crippen molar-refractivity contribution in [2.45, 2.75) is 19.4 Å². The fourth-order valence-electron chi connectivity index (χ4n) is 1.23. The van der Waals surface area contributed by atoms with E-state index < -0.39 is 23.4 Å². The van der Waals surface area contributed by atoms with E-state index in [9.17, 15) is 14.4 Å². The lowest BCUT2D eigenvalue weighted by Gasteiger charge is -2.14. The largest absolute Gasteiger partial charge is 0.479 e. The summed E-state index contributed by atoms with van der Waals surface area (Å²) in [5, 5.41) is 15.7. The van der Waals surface area contributed by atoms with Gasteiger partial charge in [-0.25, -0.2) is 14.4 Å². The number of rotatable bonds is 5. The maximum absolute atomic E-state index is 11.6. The Balaban J connectivity index is 3.05. The van der Waals surface area contributed by atoms with Crippen LogP contribution in [0, 0.1) is 0 Å². The van der Waals surface area contributed by atoms with E-state index in [0.717, 1.165) is 6.08 Å². The van der Waals surface area contributed by atoms with Crippen LogP contribution >= 0.6 is 0 Å². The van der Waals surface area contributed by atoms with Crippen molar-refractivity contribution in [1.82, 2.24) is 0 Å². The van der Waals surface area contributed by atoms with E-state index in [2.05, 4.69) is 19.7 Å². The summed E-state index contributed by atoms with van der Waals surface area (Å²) in [5.41, 5.74) is -2.62. The van der Waals surface area contributed by atoms with E-state index in [4.69, 9.17) is 5.11 Å². The molecule has 8 heteroatoms. The smallest absolute Gasteiger partial charge is 0.358 e. The monoisotopic (exact) mass is 256 g/mol. The summed E-state index contributed by atoms with van der Waals surface area (Å²) in [6, 6.07) is 0. The van der Waals surface area contributed by atoms with Crippen molar-refractivity contribution in [3.05, 3.63) is 11.8 Å². The molecule has 1 aliphatic rings. The molecule has 0 aromatic heterocycles. The molecular weight excluding hydrogens is 244 g/mol. The molecule has 1 aliphatic heterocycles. The Bertz CT molecular complexity index is 442. The molecule has 98 valence electrons. The third-order valence-corrected chi connectivity index (χ3v) is 2.06. The highest BCUT2D eigenvalue weighted by molar-refractivity contribution is 6.09. The topological polar surface area (TPSA) is 115 Å². The zero-order chi connectivity index (χ0) is 13.8. The quantitative estimate of drug-likeness (QED) is 0.558. The fraction of sp³-hybridized carbons (Fsp3) is 0.500. The molecule has 1 unspecified atom stereocenters. The number of carboxylic acids is 1. The second kappa shape index (κ2) is 5.39. The molecule has 1 heterocycles. The first-order valence-corrected chi connectivity index (χ1v) is 5.21. The van der Waals surface area contributed by atoms with Gasteiger partial charge in [0.25, 0.3) is 5.54 Å². The van der Waals surface area contributed by atoms with Crippen LogP contribution in [-0.4, -0.2) is 41.8 Å². The zero-order valence-electron chi connectivity index (χ0n) is 9.87. The molecule has 0 fully saturated rings. The molecule has 1 atom stereocenters. The zero-order valence-corrected chi connectivity index (χ0v) is 9.87. The van der Waals surface area contributed by atoms with Crippen LogP contribution in [0.1, 0.15) is 13.8 Å². The Morgan fingerprint density at radius 1 is 1.28 bits per heavy atom. The lowest BCUT2D eigenvalue weighted by atomic mass is 10.0. The number of carbonyl (C=O) groups excluding carboxylic acids is 2. The van der Waals surface area contributed by atoms with Gasteiger partial charge in [0.05, 0.1) is 13.2 Å². The van der Waals surface area contributed by atoms with E-state index >= 15 is 0 Å². The van der Waals surface area contributed by atoms with Gasteiger partial charge in [-0.2, -0.15) is 5.11 Å². The van der Waals surface area contributed by atoms with Gasteiger partial charge < -0.3 is 14.6 Å². The van der Waals surface area contributed by atoms with E-state index in [0.29, 0.717) is 0 Å². The molecule has 0 amide bonds. The van der Waals surface area contributed by atoms with E-state index in [1.807, 2.05) is 0 Å². The number of ether oxygens (including phenoxy) is 2. The maximum atomic E-state index is 11.6. The van der Waals surface area contributed by atoms with Crippen LogP contribution in [0.15, 0.2) is 22.0 Å². The van der Waals surface area contributed by atoms with Gasteiger partial charge >= 0.3 is 17.9 Å². The lowest BCUT2D eigenvalue weighted by molar-refractivity contribution is -0.157. The number of hydrogen-bond acceptors (Lipinski definition) is 7. The molecule has 0 saturated heterocycles. The standard InChI is InChI=1S/C10H12N2O6/c1-3-17-7(13)6-5-10(8(14)15,12-11-6)9(16)18-4-2/h5H,3-4H2,1-2H3,(H,14,15). The number of aliphatic carboxylic acids is 1. The van der Waals surface area contributed by atoms with Crippen LogP contribution < -0.4 is 0 Å². The predicted octanol–water partition coefficient (Wildman–Crippen LogP) is 0.286. The maximum Gasteiger partial charge on any atom is 0.358 e. The van der Waals surface area contributed by atoms with Crippen LogP contribution in [-0.2, 0) is 23.9 Å². The van der Waals surface area contributed by atoms with Crippen LogP contribution in [0.4, 0.5) is 0 Å². The van der Waals surface area contributed by atoms with Crippen molar-refractivity contribution >= 4 is 17.9 Å². The fourth-order valence-corrected chi connectivity index (χ4v) is 1.23. The predicted molar refractivity (Wildman–Crippen MR) is 56.6 cm³/mol. The van der Waals surface area contributed by atoms with E-state index in [1.165, 1.54) is 6.92 Å². The van der Waals surface area contributed by atoms with Crippen molar-refractivity contribution in [3.63, 3.8) is 0 Å². The van der Waals surface area contributed by atoms with Gasteiger partial charge in [-0.1, -0.05) is 0 Å². The molecule has 0 saturated carbocycles. The highest BCUT2D eigenvalue weighted by Gasteiger charge is 2.51. The Hall–Kier alpha value is -2.25. The normalized spacial score (nSPS) is 21.3. The number of carboxylic acid groups (broad SMARTS) is 1. The number of azo groups is 1. The van der Waals surface area contributed by atoms with Gasteiger partial charge in [-0.3, -0.25) is 0 Å². The molecule has 0 bridgehead atoms.